The first-order chi connectivity index (χ1) is 11.4. The average Bonchev–Trinajstić information content (AvgIpc) is 2.57. The quantitative estimate of drug-likeness (QED) is 0.155. The van der Waals surface area contributed by atoms with E-state index in [1.807, 2.05) is 19.9 Å². The average molecular weight is 336 g/mol. The lowest BCUT2D eigenvalue weighted by Crippen LogP contribution is -2.13. The SMILES string of the molecule is CCC=COOCCOCCOCCOCCOCCOCC. The van der Waals surface area contributed by atoms with Crippen LogP contribution in [0.15, 0.2) is 12.3 Å². The Morgan fingerprint density at radius 1 is 0.565 bits per heavy atom. The predicted octanol–water partition coefficient (Wildman–Crippen LogP) is 1.96. The van der Waals surface area contributed by atoms with E-state index in [4.69, 9.17) is 33.5 Å². The molecule has 0 amide bonds. The van der Waals surface area contributed by atoms with Gasteiger partial charge in [-0.1, -0.05) is 6.92 Å². The van der Waals surface area contributed by atoms with Crippen LogP contribution in [-0.4, -0.2) is 72.7 Å². The maximum absolute atomic E-state index is 5.36. The first-order valence-corrected chi connectivity index (χ1v) is 8.23. The lowest BCUT2D eigenvalue weighted by Gasteiger charge is -2.07. The molecule has 7 heteroatoms. The van der Waals surface area contributed by atoms with Crippen LogP contribution in [0.2, 0.25) is 0 Å². The third kappa shape index (κ3) is 21.3. The zero-order valence-corrected chi connectivity index (χ0v) is 14.5. The van der Waals surface area contributed by atoms with E-state index in [2.05, 4.69) is 0 Å². The molecule has 0 bridgehead atoms. The predicted molar refractivity (Wildman–Crippen MR) is 86.2 cm³/mol. The Morgan fingerprint density at radius 3 is 1.43 bits per heavy atom. The summed E-state index contributed by atoms with van der Waals surface area (Å²) in [4.78, 5) is 9.62. The fourth-order valence-corrected chi connectivity index (χ4v) is 1.34. The van der Waals surface area contributed by atoms with Crippen LogP contribution >= 0.6 is 0 Å². The van der Waals surface area contributed by atoms with Gasteiger partial charge in [-0.05, 0) is 19.4 Å². The largest absolute Gasteiger partial charge is 0.379 e. The summed E-state index contributed by atoms with van der Waals surface area (Å²) in [5.74, 6) is 0. The van der Waals surface area contributed by atoms with Gasteiger partial charge in [-0.3, -0.25) is 0 Å². The van der Waals surface area contributed by atoms with Crippen molar-refractivity contribution in [2.45, 2.75) is 20.3 Å². The van der Waals surface area contributed by atoms with Crippen LogP contribution in [0.4, 0.5) is 0 Å². The Kier molecular flexibility index (Phi) is 20.7. The molecule has 0 aliphatic heterocycles. The topological polar surface area (TPSA) is 64.6 Å². The van der Waals surface area contributed by atoms with E-state index < -0.39 is 0 Å². The molecule has 0 unspecified atom stereocenters. The Hall–Kier alpha value is -0.700. The van der Waals surface area contributed by atoms with E-state index in [-0.39, 0.29) is 0 Å². The molecule has 0 spiro atoms. The number of allylic oxidation sites excluding steroid dienone is 1. The molecule has 0 N–H and O–H groups in total. The van der Waals surface area contributed by atoms with Crippen LogP contribution in [0, 0.1) is 0 Å². The normalized spacial score (nSPS) is 11.4. The molecule has 0 heterocycles. The number of hydrogen-bond donors (Lipinski definition) is 0. The first-order valence-electron chi connectivity index (χ1n) is 8.23. The maximum Gasteiger partial charge on any atom is 0.125 e. The zero-order chi connectivity index (χ0) is 16.8. The van der Waals surface area contributed by atoms with Crippen molar-refractivity contribution in [2.75, 3.05) is 72.7 Å². The van der Waals surface area contributed by atoms with Gasteiger partial charge in [0.2, 0.25) is 0 Å². The molecule has 0 aromatic rings. The molecule has 0 radical (unpaired) electrons. The van der Waals surface area contributed by atoms with Crippen LogP contribution in [0.5, 0.6) is 0 Å². The van der Waals surface area contributed by atoms with Crippen LogP contribution in [0.3, 0.4) is 0 Å². The third-order valence-electron chi connectivity index (χ3n) is 2.46. The van der Waals surface area contributed by atoms with Crippen molar-refractivity contribution in [3.63, 3.8) is 0 Å². The van der Waals surface area contributed by atoms with Gasteiger partial charge in [-0.15, -0.1) is 0 Å². The van der Waals surface area contributed by atoms with Crippen LogP contribution in [0.25, 0.3) is 0 Å². The van der Waals surface area contributed by atoms with Crippen molar-refractivity contribution in [3.05, 3.63) is 12.3 Å². The van der Waals surface area contributed by atoms with Gasteiger partial charge in [-0.2, -0.15) is 4.89 Å². The van der Waals surface area contributed by atoms with Gasteiger partial charge < -0.3 is 28.6 Å². The molecule has 0 aliphatic rings. The Labute approximate surface area is 139 Å². The summed E-state index contributed by atoms with van der Waals surface area (Å²) < 4.78 is 26.5. The molecule has 0 fully saturated rings. The van der Waals surface area contributed by atoms with E-state index in [9.17, 15) is 0 Å². The highest BCUT2D eigenvalue weighted by Gasteiger charge is 1.93. The Balaban J connectivity index is 2.96. The second kappa shape index (κ2) is 21.3. The summed E-state index contributed by atoms with van der Waals surface area (Å²) in [7, 11) is 0. The monoisotopic (exact) mass is 336 g/mol. The summed E-state index contributed by atoms with van der Waals surface area (Å²) in [5, 5.41) is 0. The van der Waals surface area contributed by atoms with Crippen LogP contribution < -0.4 is 0 Å². The molecule has 0 aliphatic carbocycles. The minimum absolute atomic E-state index is 0.389. The molecule has 23 heavy (non-hydrogen) atoms. The zero-order valence-electron chi connectivity index (χ0n) is 14.5. The van der Waals surface area contributed by atoms with E-state index in [0.29, 0.717) is 66.1 Å². The van der Waals surface area contributed by atoms with Gasteiger partial charge in [0.15, 0.2) is 0 Å². The number of ether oxygens (including phenoxy) is 5. The van der Waals surface area contributed by atoms with Crippen molar-refractivity contribution in [3.8, 4) is 0 Å². The van der Waals surface area contributed by atoms with Crippen molar-refractivity contribution < 1.29 is 33.5 Å². The van der Waals surface area contributed by atoms with Gasteiger partial charge in [0.05, 0.1) is 59.5 Å². The number of rotatable bonds is 19. The minimum Gasteiger partial charge on any atom is -0.379 e. The second-order valence-electron chi connectivity index (χ2n) is 4.34. The number of hydrogen-bond acceptors (Lipinski definition) is 7. The fraction of sp³-hybridized carbons (Fsp3) is 0.875. The minimum atomic E-state index is 0.389. The molecule has 0 aromatic carbocycles. The Morgan fingerprint density at radius 2 is 1.00 bits per heavy atom. The first kappa shape index (κ1) is 22.3. The van der Waals surface area contributed by atoms with Gasteiger partial charge in [0, 0.05) is 6.61 Å². The van der Waals surface area contributed by atoms with Crippen molar-refractivity contribution >= 4 is 0 Å². The molecule has 0 saturated heterocycles. The summed E-state index contributed by atoms with van der Waals surface area (Å²) in [6.45, 7) is 10.1. The molecule has 0 aromatic heterocycles. The fourth-order valence-electron chi connectivity index (χ4n) is 1.34. The maximum atomic E-state index is 5.36. The van der Waals surface area contributed by atoms with Crippen molar-refractivity contribution in [1.29, 1.82) is 0 Å². The molecule has 0 rings (SSSR count). The Bertz CT molecular complexity index is 236. The van der Waals surface area contributed by atoms with Gasteiger partial charge in [0.1, 0.15) is 12.9 Å². The van der Waals surface area contributed by atoms with E-state index in [0.717, 1.165) is 13.0 Å². The summed E-state index contributed by atoms with van der Waals surface area (Å²) in [6, 6.07) is 0. The lowest BCUT2D eigenvalue weighted by molar-refractivity contribution is -0.255. The van der Waals surface area contributed by atoms with Crippen LogP contribution in [0.1, 0.15) is 20.3 Å². The van der Waals surface area contributed by atoms with Gasteiger partial charge in [0.25, 0.3) is 0 Å². The molecular formula is C16H32O7. The summed E-state index contributed by atoms with van der Waals surface area (Å²) >= 11 is 0. The highest BCUT2D eigenvalue weighted by molar-refractivity contribution is 4.68. The van der Waals surface area contributed by atoms with E-state index >= 15 is 0 Å². The summed E-state index contributed by atoms with van der Waals surface area (Å²) in [5.41, 5.74) is 0. The standard InChI is InChI=1S/C16H32O7/c1-3-5-6-22-23-16-15-21-14-13-20-12-11-19-10-9-18-8-7-17-4-2/h5-6H,3-4,7-16H2,1-2H3. The smallest absolute Gasteiger partial charge is 0.125 e. The molecule has 0 atom stereocenters. The summed E-state index contributed by atoms with van der Waals surface area (Å²) in [6.07, 6.45) is 4.30. The highest BCUT2D eigenvalue weighted by atomic mass is 17.2. The van der Waals surface area contributed by atoms with Gasteiger partial charge >= 0.3 is 0 Å². The lowest BCUT2D eigenvalue weighted by atomic mass is 10.5. The van der Waals surface area contributed by atoms with Crippen molar-refractivity contribution in [2.24, 2.45) is 0 Å². The van der Waals surface area contributed by atoms with Crippen LogP contribution in [-0.2, 0) is 33.5 Å². The highest BCUT2D eigenvalue weighted by Crippen LogP contribution is 1.86. The molecule has 0 saturated carbocycles. The van der Waals surface area contributed by atoms with Crippen molar-refractivity contribution in [1.82, 2.24) is 0 Å². The molecule has 138 valence electrons. The molecular weight excluding hydrogens is 304 g/mol. The molecule has 7 nitrogen and oxygen atoms in total. The van der Waals surface area contributed by atoms with E-state index in [1.54, 1.807) is 0 Å². The van der Waals surface area contributed by atoms with E-state index in [1.165, 1.54) is 6.26 Å². The van der Waals surface area contributed by atoms with Gasteiger partial charge in [-0.25, -0.2) is 0 Å². The third-order valence-corrected chi connectivity index (χ3v) is 2.46. The second-order valence-corrected chi connectivity index (χ2v) is 4.34.